The predicted octanol–water partition coefficient (Wildman–Crippen LogP) is 4.88. The van der Waals surface area contributed by atoms with Gasteiger partial charge < -0.3 is 18.8 Å². The van der Waals surface area contributed by atoms with Crippen LogP contribution in [0.25, 0.3) is 11.0 Å². The molecule has 0 spiro atoms. The average Bonchev–Trinajstić information content (AvgIpc) is 3.54. The average molecular weight is 550 g/mol. The Morgan fingerprint density at radius 3 is 2.62 bits per heavy atom. The van der Waals surface area contributed by atoms with Crippen molar-refractivity contribution in [1.29, 1.82) is 0 Å². The molecule has 2 fully saturated rings. The van der Waals surface area contributed by atoms with E-state index in [0.29, 0.717) is 29.1 Å². The number of halogens is 1. The third kappa shape index (κ3) is 5.80. The summed E-state index contributed by atoms with van der Waals surface area (Å²) in [5.74, 6) is 1.29. The molecule has 0 amide bonds. The number of fused-ring (bicyclic) bond motifs is 1. The number of nitrogens with zero attached hydrogens (tertiary/aromatic N) is 5. The largest absolute Gasteiger partial charge is 0.472 e. The molecule has 6 rings (SSSR count). The van der Waals surface area contributed by atoms with Crippen LogP contribution in [0.3, 0.4) is 0 Å². The van der Waals surface area contributed by atoms with E-state index < -0.39 is 0 Å². The maximum absolute atomic E-state index is 12.1. The lowest BCUT2D eigenvalue weighted by Crippen LogP contribution is -2.36. The number of likely N-dealkylation sites (tertiary alicyclic amines) is 1. The van der Waals surface area contributed by atoms with Crippen LogP contribution >= 0.6 is 11.6 Å². The normalized spacial score (nSPS) is 18.3. The summed E-state index contributed by atoms with van der Waals surface area (Å²) in [7, 11) is 1.40. The molecule has 0 bridgehead atoms. The number of hydrogen-bond acceptors (Lipinski definition) is 7. The van der Waals surface area contributed by atoms with E-state index in [0.717, 1.165) is 74.5 Å². The minimum absolute atomic E-state index is 0.185. The molecule has 2 aromatic carbocycles. The van der Waals surface area contributed by atoms with Crippen LogP contribution in [0.15, 0.2) is 54.7 Å². The van der Waals surface area contributed by atoms with Crippen LogP contribution in [0, 0.1) is 0 Å². The second kappa shape index (κ2) is 11.4. The highest BCUT2D eigenvalue weighted by atomic mass is 35.5. The van der Waals surface area contributed by atoms with Crippen molar-refractivity contribution in [3.63, 3.8) is 0 Å². The smallest absolute Gasteiger partial charge is 0.337 e. The van der Waals surface area contributed by atoms with Crippen molar-refractivity contribution in [2.45, 2.75) is 51.1 Å². The lowest BCUT2D eigenvalue weighted by molar-refractivity contribution is -0.0592. The molecule has 9 nitrogen and oxygen atoms in total. The lowest BCUT2D eigenvalue weighted by Gasteiger charge is -2.32. The van der Waals surface area contributed by atoms with Gasteiger partial charge in [0, 0.05) is 37.0 Å². The number of benzene rings is 2. The van der Waals surface area contributed by atoms with Gasteiger partial charge in [-0.25, -0.2) is 9.78 Å². The summed E-state index contributed by atoms with van der Waals surface area (Å²) in [6, 6.07) is 15.5. The number of carbonyl (C=O) groups excluding carboxylic acids is 1. The summed E-state index contributed by atoms with van der Waals surface area (Å²) in [4.78, 5) is 19.5. The predicted molar refractivity (Wildman–Crippen MR) is 147 cm³/mol. The van der Waals surface area contributed by atoms with Gasteiger partial charge in [-0.15, -0.1) is 5.10 Å². The molecule has 4 heterocycles. The van der Waals surface area contributed by atoms with Crippen LogP contribution in [0.4, 0.5) is 0 Å². The highest BCUT2D eigenvalue weighted by Crippen LogP contribution is 2.27. The molecule has 2 aliphatic rings. The number of hydrogen-bond donors (Lipinski definition) is 0. The van der Waals surface area contributed by atoms with E-state index in [1.54, 1.807) is 6.07 Å². The molecule has 2 aliphatic heterocycles. The number of aromatic nitrogens is 4. The van der Waals surface area contributed by atoms with Crippen LogP contribution in [0.5, 0.6) is 5.88 Å². The summed E-state index contributed by atoms with van der Waals surface area (Å²) in [5, 5.41) is 5.39. The first-order valence-corrected chi connectivity index (χ1v) is 13.8. The number of rotatable bonds is 9. The second-order valence-electron chi connectivity index (χ2n) is 10.2. The van der Waals surface area contributed by atoms with Gasteiger partial charge in [0.1, 0.15) is 12.4 Å². The molecular weight excluding hydrogens is 518 g/mol. The van der Waals surface area contributed by atoms with E-state index >= 15 is 0 Å². The van der Waals surface area contributed by atoms with E-state index in [4.69, 9.17) is 30.8 Å². The van der Waals surface area contributed by atoms with Gasteiger partial charge >= 0.3 is 5.97 Å². The van der Waals surface area contributed by atoms with E-state index in [2.05, 4.69) is 14.6 Å². The molecule has 0 unspecified atom stereocenters. The molecule has 39 heavy (non-hydrogen) atoms. The van der Waals surface area contributed by atoms with Crippen LogP contribution in [-0.4, -0.2) is 63.1 Å². The maximum atomic E-state index is 12.1. The molecule has 0 aliphatic carbocycles. The Hall–Kier alpha value is -3.40. The Labute approximate surface area is 232 Å². The van der Waals surface area contributed by atoms with Crippen molar-refractivity contribution in [2.24, 2.45) is 0 Å². The molecular formula is C29H32ClN5O4. The highest BCUT2D eigenvalue weighted by molar-refractivity contribution is 6.30. The monoisotopic (exact) mass is 549 g/mol. The number of carbonyl (C=O) groups is 1. The Kier molecular flexibility index (Phi) is 7.54. The van der Waals surface area contributed by atoms with Gasteiger partial charge in [0.25, 0.3) is 0 Å². The van der Waals surface area contributed by atoms with E-state index in [1.807, 2.05) is 53.3 Å². The van der Waals surface area contributed by atoms with Crippen LogP contribution in [0.2, 0.25) is 5.02 Å². The van der Waals surface area contributed by atoms with E-state index in [9.17, 15) is 4.79 Å². The Morgan fingerprint density at radius 2 is 1.90 bits per heavy atom. The minimum atomic E-state index is -0.342. The van der Waals surface area contributed by atoms with Gasteiger partial charge in [-0.2, -0.15) is 0 Å². The van der Waals surface area contributed by atoms with Gasteiger partial charge in [0.05, 0.1) is 48.9 Å². The van der Waals surface area contributed by atoms with Crippen LogP contribution < -0.4 is 4.74 Å². The molecule has 4 aromatic rings. The van der Waals surface area contributed by atoms with Gasteiger partial charge in [-0.3, -0.25) is 9.58 Å². The van der Waals surface area contributed by atoms with Gasteiger partial charge in [-0.1, -0.05) is 23.7 Å². The maximum Gasteiger partial charge on any atom is 0.337 e. The summed E-state index contributed by atoms with van der Waals surface area (Å²) >= 11 is 5.96. The Morgan fingerprint density at radius 1 is 1.10 bits per heavy atom. The van der Waals surface area contributed by atoms with Crippen molar-refractivity contribution < 1.29 is 19.0 Å². The second-order valence-corrected chi connectivity index (χ2v) is 10.6. The lowest BCUT2D eigenvalue weighted by atomic mass is 10.1. The number of ether oxygens (including phenoxy) is 3. The van der Waals surface area contributed by atoms with Crippen molar-refractivity contribution >= 4 is 28.6 Å². The first kappa shape index (κ1) is 25.9. The first-order chi connectivity index (χ1) is 19.1. The van der Waals surface area contributed by atoms with Crippen molar-refractivity contribution in [1.82, 2.24) is 24.2 Å². The number of piperidine rings is 1. The zero-order chi connectivity index (χ0) is 26.8. The Balaban J connectivity index is 1.09. The third-order valence-electron chi connectivity index (χ3n) is 7.61. The van der Waals surface area contributed by atoms with E-state index in [1.165, 1.54) is 7.11 Å². The molecule has 1 atom stereocenters. The number of methoxy groups -OCH3 is 1. The molecule has 0 N–H and O–H groups in total. The molecule has 204 valence electrons. The third-order valence-corrected chi connectivity index (χ3v) is 7.86. The fourth-order valence-corrected chi connectivity index (χ4v) is 5.38. The topological polar surface area (TPSA) is 83.6 Å². The fourth-order valence-electron chi connectivity index (χ4n) is 5.25. The molecule has 0 radical (unpaired) electrons. The van der Waals surface area contributed by atoms with Crippen molar-refractivity contribution in [3.8, 4) is 5.88 Å². The first-order valence-electron chi connectivity index (χ1n) is 13.4. The standard InChI is InChI=1S/C29H32ClN5O4/c1-37-29(36)21-4-7-25-26(16-21)34(17-24-11-15-38-24)27(31-25)18-33-12-8-23(9-13-33)35-14-10-28(32-35)39-19-20-2-5-22(30)6-3-20/h2-7,10,14,16,23-24H,8-9,11-13,15,17-19H2,1H3/t24-/m0/s1. The SMILES string of the molecule is COC(=O)c1ccc2nc(CN3CCC(n4ccc(OCc5ccc(Cl)cc5)n4)CC3)n(C[C@@H]3CCO3)c2c1. The van der Waals surface area contributed by atoms with Gasteiger partial charge in [0.2, 0.25) is 5.88 Å². The number of imidazole rings is 1. The van der Waals surface area contributed by atoms with Crippen LogP contribution in [-0.2, 0) is 29.2 Å². The highest BCUT2D eigenvalue weighted by Gasteiger charge is 2.26. The minimum Gasteiger partial charge on any atom is -0.472 e. The van der Waals surface area contributed by atoms with Gasteiger partial charge in [0.15, 0.2) is 0 Å². The van der Waals surface area contributed by atoms with E-state index in [-0.39, 0.29) is 12.1 Å². The summed E-state index contributed by atoms with van der Waals surface area (Å²) in [6.07, 6.45) is 5.22. The zero-order valence-electron chi connectivity index (χ0n) is 22.0. The zero-order valence-corrected chi connectivity index (χ0v) is 22.7. The molecule has 2 aromatic heterocycles. The van der Waals surface area contributed by atoms with Gasteiger partial charge in [-0.05, 0) is 55.2 Å². The van der Waals surface area contributed by atoms with Crippen molar-refractivity contribution in [2.75, 3.05) is 26.8 Å². The van der Waals surface area contributed by atoms with Crippen molar-refractivity contribution in [3.05, 3.63) is 76.7 Å². The molecule has 2 saturated heterocycles. The summed E-state index contributed by atoms with van der Waals surface area (Å²) in [6.45, 7) is 4.63. The fraction of sp³-hybridized carbons (Fsp3) is 0.414. The molecule has 0 saturated carbocycles. The molecule has 10 heteroatoms. The number of esters is 1. The van der Waals surface area contributed by atoms with Crippen LogP contribution in [0.1, 0.15) is 47.1 Å². The Bertz CT molecular complexity index is 1440. The summed E-state index contributed by atoms with van der Waals surface area (Å²) < 4.78 is 20.8. The summed E-state index contributed by atoms with van der Waals surface area (Å²) in [5.41, 5.74) is 3.41. The quantitative estimate of drug-likeness (QED) is 0.275.